The zero-order chi connectivity index (χ0) is 24.2. The van der Waals surface area contributed by atoms with Gasteiger partial charge in [-0.3, -0.25) is 14.4 Å². The highest BCUT2D eigenvalue weighted by Gasteiger charge is 2.44. The van der Waals surface area contributed by atoms with Crippen molar-refractivity contribution in [3.63, 3.8) is 0 Å². The van der Waals surface area contributed by atoms with Crippen LogP contribution in [0.2, 0.25) is 0 Å². The van der Waals surface area contributed by atoms with Crippen LogP contribution in [-0.4, -0.2) is 34.4 Å². The Morgan fingerprint density at radius 2 is 1.88 bits per heavy atom. The first-order valence-electron chi connectivity index (χ1n) is 11.7. The molecule has 1 aliphatic rings. The third kappa shape index (κ3) is 6.34. The first kappa shape index (κ1) is 25.2. The number of aromatic nitrogens is 1. The summed E-state index contributed by atoms with van der Waals surface area (Å²) in [5.41, 5.74) is 1.32. The standard InChI is InChI=1S/C26H36N2O4S/c1-18-15-21(19(2)28(18)13-10-20-9-8-14-33-20)22(29)17-32-24(31)26(11-6-7-12-26)16-23(30)27-25(3,4)5/h8-9,14-15H,6-7,10-13,16-17H2,1-5H3,(H,27,30). The minimum atomic E-state index is -0.826. The van der Waals surface area contributed by atoms with Gasteiger partial charge in [-0.1, -0.05) is 18.9 Å². The van der Waals surface area contributed by atoms with Gasteiger partial charge < -0.3 is 14.6 Å². The Bertz CT molecular complexity index is 992. The van der Waals surface area contributed by atoms with Gasteiger partial charge in [-0.25, -0.2) is 0 Å². The molecule has 7 heteroatoms. The Morgan fingerprint density at radius 1 is 1.18 bits per heavy atom. The van der Waals surface area contributed by atoms with Crippen LogP contribution in [0.25, 0.3) is 0 Å². The van der Waals surface area contributed by atoms with E-state index in [-0.39, 0.29) is 30.3 Å². The Hall–Kier alpha value is -2.41. The number of amides is 1. The van der Waals surface area contributed by atoms with Crippen LogP contribution < -0.4 is 5.32 Å². The molecule has 0 unspecified atom stereocenters. The molecule has 6 nitrogen and oxygen atoms in total. The number of nitrogens with zero attached hydrogens (tertiary/aromatic N) is 1. The van der Waals surface area contributed by atoms with Gasteiger partial charge in [-0.15, -0.1) is 11.3 Å². The lowest BCUT2D eigenvalue weighted by Crippen LogP contribution is -2.44. The van der Waals surface area contributed by atoms with Crippen molar-refractivity contribution in [2.75, 3.05) is 6.61 Å². The predicted octanol–water partition coefficient (Wildman–Crippen LogP) is 5.00. The van der Waals surface area contributed by atoms with Crippen molar-refractivity contribution in [3.05, 3.63) is 45.4 Å². The van der Waals surface area contributed by atoms with Gasteiger partial charge in [0, 0.05) is 40.3 Å². The molecule has 0 atom stereocenters. The number of esters is 1. The van der Waals surface area contributed by atoms with Crippen molar-refractivity contribution >= 4 is 29.0 Å². The molecule has 0 aromatic carbocycles. The third-order valence-electron chi connectivity index (χ3n) is 6.38. The summed E-state index contributed by atoms with van der Waals surface area (Å²) in [6.07, 6.45) is 4.03. The molecule has 2 aromatic heterocycles. The first-order chi connectivity index (χ1) is 15.5. The van der Waals surface area contributed by atoms with E-state index in [0.29, 0.717) is 18.4 Å². The molecule has 1 saturated carbocycles. The molecular formula is C26H36N2O4S. The van der Waals surface area contributed by atoms with E-state index in [4.69, 9.17) is 4.74 Å². The van der Waals surface area contributed by atoms with Crippen molar-refractivity contribution in [3.8, 4) is 0 Å². The number of hydrogen-bond acceptors (Lipinski definition) is 5. The quantitative estimate of drug-likeness (QED) is 0.412. The Labute approximate surface area is 200 Å². The molecule has 1 fully saturated rings. The van der Waals surface area contributed by atoms with Crippen LogP contribution in [0, 0.1) is 19.3 Å². The second-order valence-electron chi connectivity index (χ2n) is 10.2. The van der Waals surface area contributed by atoms with E-state index < -0.39 is 11.4 Å². The second kappa shape index (κ2) is 10.2. The van der Waals surface area contributed by atoms with E-state index in [1.165, 1.54) is 4.88 Å². The number of thiophene rings is 1. The maximum atomic E-state index is 13.0. The van der Waals surface area contributed by atoms with Crippen molar-refractivity contribution in [2.24, 2.45) is 5.41 Å². The number of rotatable bonds is 9. The number of ketones is 1. The fourth-order valence-electron chi connectivity index (χ4n) is 4.74. The molecule has 33 heavy (non-hydrogen) atoms. The van der Waals surface area contributed by atoms with Gasteiger partial charge in [-0.2, -0.15) is 0 Å². The maximum Gasteiger partial charge on any atom is 0.313 e. The van der Waals surface area contributed by atoms with Crippen molar-refractivity contribution < 1.29 is 19.1 Å². The van der Waals surface area contributed by atoms with E-state index in [2.05, 4.69) is 21.3 Å². The molecule has 1 N–H and O–H groups in total. The summed E-state index contributed by atoms with van der Waals surface area (Å²) in [6, 6.07) is 6.04. The number of carbonyl (C=O) groups excluding carboxylic acids is 3. The molecule has 2 heterocycles. The highest BCUT2D eigenvalue weighted by atomic mass is 32.1. The lowest BCUT2D eigenvalue weighted by Gasteiger charge is -2.28. The average Bonchev–Trinajstić information content (AvgIpc) is 3.45. The lowest BCUT2D eigenvalue weighted by atomic mass is 9.82. The number of ether oxygens (including phenoxy) is 1. The molecule has 0 bridgehead atoms. The Kier molecular flexibility index (Phi) is 7.83. The zero-order valence-electron chi connectivity index (χ0n) is 20.5. The lowest BCUT2D eigenvalue weighted by molar-refractivity contribution is -0.157. The van der Waals surface area contributed by atoms with E-state index in [9.17, 15) is 14.4 Å². The Balaban J connectivity index is 1.62. The van der Waals surface area contributed by atoms with E-state index >= 15 is 0 Å². The topological polar surface area (TPSA) is 77.4 Å². The predicted molar refractivity (Wildman–Crippen MR) is 131 cm³/mol. The second-order valence-corrected chi connectivity index (χ2v) is 11.3. The first-order valence-corrected chi connectivity index (χ1v) is 12.6. The number of aryl methyl sites for hydroxylation is 2. The van der Waals surface area contributed by atoms with Gasteiger partial charge in [0.2, 0.25) is 11.7 Å². The van der Waals surface area contributed by atoms with Gasteiger partial charge in [0.15, 0.2) is 6.61 Å². The summed E-state index contributed by atoms with van der Waals surface area (Å²) < 4.78 is 7.67. The largest absolute Gasteiger partial charge is 0.457 e. The minimum absolute atomic E-state index is 0.106. The summed E-state index contributed by atoms with van der Waals surface area (Å²) in [5, 5.41) is 5.01. The zero-order valence-corrected chi connectivity index (χ0v) is 21.3. The molecule has 3 rings (SSSR count). The number of nitrogens with one attached hydrogen (secondary N) is 1. The minimum Gasteiger partial charge on any atom is -0.457 e. The molecule has 0 saturated heterocycles. The number of Topliss-reactive ketones (excluding diaryl/α,β-unsaturated/α-hetero) is 1. The fourth-order valence-corrected chi connectivity index (χ4v) is 5.44. The third-order valence-corrected chi connectivity index (χ3v) is 7.31. The van der Waals surface area contributed by atoms with Crippen molar-refractivity contribution in [1.82, 2.24) is 9.88 Å². The van der Waals surface area contributed by atoms with Crippen LogP contribution in [0.5, 0.6) is 0 Å². The number of carbonyl (C=O) groups is 3. The fraction of sp³-hybridized carbons (Fsp3) is 0.577. The Morgan fingerprint density at radius 3 is 2.48 bits per heavy atom. The summed E-state index contributed by atoms with van der Waals surface area (Å²) in [7, 11) is 0. The van der Waals surface area contributed by atoms with Crippen molar-refractivity contribution in [1.29, 1.82) is 0 Å². The van der Waals surface area contributed by atoms with Crippen LogP contribution in [0.4, 0.5) is 0 Å². The maximum absolute atomic E-state index is 13.0. The molecule has 0 radical (unpaired) electrons. The van der Waals surface area contributed by atoms with Crippen LogP contribution >= 0.6 is 11.3 Å². The van der Waals surface area contributed by atoms with Gasteiger partial charge in [0.25, 0.3) is 0 Å². The average molecular weight is 473 g/mol. The molecule has 180 valence electrons. The van der Waals surface area contributed by atoms with Gasteiger partial charge in [-0.05, 0) is 71.4 Å². The molecular weight excluding hydrogens is 436 g/mol. The van der Waals surface area contributed by atoms with Gasteiger partial charge >= 0.3 is 5.97 Å². The van der Waals surface area contributed by atoms with Crippen LogP contribution in [0.15, 0.2) is 23.6 Å². The summed E-state index contributed by atoms with van der Waals surface area (Å²) >= 11 is 1.73. The summed E-state index contributed by atoms with van der Waals surface area (Å²) in [5.74, 6) is -0.781. The van der Waals surface area contributed by atoms with E-state index in [1.54, 1.807) is 11.3 Å². The van der Waals surface area contributed by atoms with Crippen molar-refractivity contribution in [2.45, 2.75) is 85.2 Å². The molecule has 0 aliphatic heterocycles. The normalized spacial score (nSPS) is 15.4. The molecule has 1 amide bonds. The van der Waals surface area contributed by atoms with Crippen LogP contribution in [0.3, 0.4) is 0 Å². The highest BCUT2D eigenvalue weighted by molar-refractivity contribution is 7.09. The summed E-state index contributed by atoms with van der Waals surface area (Å²) in [6.45, 7) is 10.2. The smallest absolute Gasteiger partial charge is 0.313 e. The summed E-state index contributed by atoms with van der Waals surface area (Å²) in [4.78, 5) is 39.8. The molecule has 1 aliphatic carbocycles. The molecule has 2 aromatic rings. The van der Waals surface area contributed by atoms with E-state index in [1.807, 2.05) is 46.8 Å². The van der Waals surface area contributed by atoms with E-state index in [0.717, 1.165) is 37.2 Å². The van der Waals surface area contributed by atoms with Crippen LogP contribution in [0.1, 0.15) is 79.5 Å². The SMILES string of the molecule is Cc1cc(C(=O)COC(=O)C2(CC(=O)NC(C)(C)C)CCCC2)c(C)n1CCc1cccs1. The highest BCUT2D eigenvalue weighted by Crippen LogP contribution is 2.42. The number of hydrogen-bond donors (Lipinski definition) is 1. The van der Waals surface area contributed by atoms with Gasteiger partial charge in [0.1, 0.15) is 0 Å². The van der Waals surface area contributed by atoms with Crippen LogP contribution in [-0.2, 0) is 27.3 Å². The monoisotopic (exact) mass is 472 g/mol. The molecule has 0 spiro atoms. The van der Waals surface area contributed by atoms with Gasteiger partial charge in [0.05, 0.1) is 5.41 Å².